The average Bonchev–Trinajstić information content (AvgIpc) is 2.70. The van der Waals surface area contributed by atoms with Gasteiger partial charge >= 0.3 is 5.97 Å². The lowest BCUT2D eigenvalue weighted by Crippen LogP contribution is -2.00. The van der Waals surface area contributed by atoms with Crippen LogP contribution in [0.5, 0.6) is 0 Å². The van der Waals surface area contributed by atoms with E-state index in [4.69, 9.17) is 5.11 Å². The Morgan fingerprint density at radius 2 is 2.06 bits per heavy atom. The van der Waals surface area contributed by atoms with Crippen molar-refractivity contribution in [2.75, 3.05) is 0 Å². The number of nitrogens with zero attached hydrogens (tertiary/aromatic N) is 2. The molecule has 0 amide bonds. The van der Waals surface area contributed by atoms with Crippen molar-refractivity contribution in [1.82, 2.24) is 9.78 Å². The van der Waals surface area contributed by atoms with Crippen molar-refractivity contribution in [1.29, 1.82) is 0 Å². The standard InChI is InChI=1S/C11H9IN2O2/c12-10-3-1-8(2-4-10)6-14-7-9(5-13-14)11(15)16/h1-5,7H,6H2,(H,15,16). The molecule has 0 saturated carbocycles. The fourth-order valence-electron chi connectivity index (χ4n) is 1.34. The molecular formula is C11H9IN2O2. The van der Waals surface area contributed by atoms with E-state index in [2.05, 4.69) is 27.7 Å². The summed E-state index contributed by atoms with van der Waals surface area (Å²) < 4.78 is 2.79. The molecule has 5 heteroatoms. The van der Waals surface area contributed by atoms with Gasteiger partial charge in [0, 0.05) is 9.77 Å². The highest BCUT2D eigenvalue weighted by Gasteiger charge is 2.05. The average molecular weight is 328 g/mol. The molecule has 16 heavy (non-hydrogen) atoms. The molecule has 0 unspecified atom stereocenters. The second kappa shape index (κ2) is 4.65. The first kappa shape index (κ1) is 11.1. The van der Waals surface area contributed by atoms with Crippen molar-refractivity contribution < 1.29 is 9.90 Å². The summed E-state index contributed by atoms with van der Waals surface area (Å²) in [6.07, 6.45) is 2.88. The van der Waals surface area contributed by atoms with Crippen molar-refractivity contribution in [3.63, 3.8) is 0 Å². The Labute approximate surface area is 106 Å². The lowest BCUT2D eigenvalue weighted by Gasteiger charge is -2.01. The summed E-state index contributed by atoms with van der Waals surface area (Å²) in [5, 5.41) is 12.7. The van der Waals surface area contributed by atoms with Crippen LogP contribution < -0.4 is 0 Å². The molecule has 1 aromatic heterocycles. The topological polar surface area (TPSA) is 55.1 Å². The van der Waals surface area contributed by atoms with Gasteiger partial charge in [0.2, 0.25) is 0 Å². The molecule has 1 heterocycles. The minimum absolute atomic E-state index is 0.213. The molecule has 2 aromatic rings. The predicted octanol–water partition coefficient (Wildman–Crippen LogP) is 2.23. The highest BCUT2D eigenvalue weighted by Crippen LogP contribution is 2.08. The number of rotatable bonds is 3. The fourth-order valence-corrected chi connectivity index (χ4v) is 1.70. The summed E-state index contributed by atoms with van der Waals surface area (Å²) in [4.78, 5) is 10.7. The zero-order valence-corrected chi connectivity index (χ0v) is 10.5. The van der Waals surface area contributed by atoms with Gasteiger partial charge in [-0.15, -0.1) is 0 Å². The van der Waals surface area contributed by atoms with Crippen molar-refractivity contribution in [3.8, 4) is 0 Å². The van der Waals surface area contributed by atoms with Gasteiger partial charge < -0.3 is 5.11 Å². The van der Waals surface area contributed by atoms with Gasteiger partial charge in [-0.2, -0.15) is 5.10 Å². The number of carbonyl (C=O) groups is 1. The molecule has 0 aliphatic rings. The molecule has 0 fully saturated rings. The van der Waals surface area contributed by atoms with Crippen molar-refractivity contribution in [2.24, 2.45) is 0 Å². The minimum Gasteiger partial charge on any atom is -0.478 e. The largest absolute Gasteiger partial charge is 0.478 e. The number of benzene rings is 1. The molecule has 0 radical (unpaired) electrons. The van der Waals surface area contributed by atoms with Crippen LogP contribution in [0.2, 0.25) is 0 Å². The number of hydrogen-bond donors (Lipinski definition) is 1. The van der Waals surface area contributed by atoms with Gasteiger partial charge in [-0.25, -0.2) is 4.79 Å². The van der Waals surface area contributed by atoms with Gasteiger partial charge in [-0.05, 0) is 40.3 Å². The Morgan fingerprint density at radius 1 is 1.38 bits per heavy atom. The molecule has 1 aromatic carbocycles. The van der Waals surface area contributed by atoms with Crippen LogP contribution in [0.15, 0.2) is 36.7 Å². The van der Waals surface area contributed by atoms with Crippen LogP contribution in [0, 0.1) is 3.57 Å². The third-order valence-corrected chi connectivity index (χ3v) is 2.86. The Hall–Kier alpha value is -1.37. The van der Waals surface area contributed by atoms with E-state index < -0.39 is 5.97 Å². The molecule has 0 aliphatic heterocycles. The first-order valence-corrected chi connectivity index (χ1v) is 5.73. The van der Waals surface area contributed by atoms with E-state index in [9.17, 15) is 4.79 Å². The number of aromatic carboxylic acids is 1. The molecule has 4 nitrogen and oxygen atoms in total. The van der Waals surface area contributed by atoms with E-state index in [1.54, 1.807) is 4.68 Å². The summed E-state index contributed by atoms with van der Waals surface area (Å²) in [6, 6.07) is 8.03. The van der Waals surface area contributed by atoms with Crippen molar-refractivity contribution >= 4 is 28.6 Å². The molecular weight excluding hydrogens is 319 g/mol. The highest BCUT2D eigenvalue weighted by atomic mass is 127. The number of carboxylic acid groups (broad SMARTS) is 1. The molecule has 0 spiro atoms. The maximum atomic E-state index is 10.7. The molecule has 0 atom stereocenters. The normalized spacial score (nSPS) is 10.3. The minimum atomic E-state index is -0.950. The quantitative estimate of drug-likeness (QED) is 0.879. The molecule has 1 N–H and O–H groups in total. The van der Waals surface area contributed by atoms with Gasteiger partial charge in [-0.3, -0.25) is 4.68 Å². The van der Waals surface area contributed by atoms with Crippen molar-refractivity contribution in [3.05, 3.63) is 51.4 Å². The lowest BCUT2D eigenvalue weighted by molar-refractivity contribution is 0.0697. The molecule has 0 aliphatic carbocycles. The SMILES string of the molecule is O=C(O)c1cnn(Cc2ccc(I)cc2)c1. The van der Waals surface area contributed by atoms with E-state index in [0.717, 1.165) is 5.56 Å². The second-order valence-electron chi connectivity index (χ2n) is 3.36. The van der Waals surface area contributed by atoms with Gasteiger partial charge in [0.1, 0.15) is 0 Å². The van der Waals surface area contributed by atoms with E-state index in [1.807, 2.05) is 24.3 Å². The van der Waals surface area contributed by atoms with Crippen LogP contribution in [0.4, 0.5) is 0 Å². The Balaban J connectivity index is 2.14. The first-order valence-electron chi connectivity index (χ1n) is 4.65. The highest BCUT2D eigenvalue weighted by molar-refractivity contribution is 14.1. The first-order chi connectivity index (χ1) is 7.65. The molecule has 82 valence electrons. The second-order valence-corrected chi connectivity index (χ2v) is 4.60. The zero-order chi connectivity index (χ0) is 11.5. The summed E-state index contributed by atoms with van der Waals surface area (Å²) in [5.41, 5.74) is 1.31. The van der Waals surface area contributed by atoms with Gasteiger partial charge in [0.15, 0.2) is 0 Å². The van der Waals surface area contributed by atoms with Crippen LogP contribution in [-0.2, 0) is 6.54 Å². The van der Waals surface area contributed by atoms with E-state index >= 15 is 0 Å². The Bertz CT molecular complexity index is 505. The number of hydrogen-bond acceptors (Lipinski definition) is 2. The summed E-state index contributed by atoms with van der Waals surface area (Å²) >= 11 is 2.24. The third kappa shape index (κ3) is 2.60. The summed E-state index contributed by atoms with van der Waals surface area (Å²) in [5.74, 6) is -0.950. The Kier molecular flexibility index (Phi) is 3.23. The molecule has 0 saturated heterocycles. The maximum absolute atomic E-state index is 10.7. The lowest BCUT2D eigenvalue weighted by atomic mass is 10.2. The summed E-state index contributed by atoms with van der Waals surface area (Å²) in [6.45, 7) is 0.587. The predicted molar refractivity (Wildman–Crippen MR) is 67.4 cm³/mol. The number of aromatic nitrogens is 2. The smallest absolute Gasteiger partial charge is 0.338 e. The molecule has 2 rings (SSSR count). The van der Waals surface area contributed by atoms with Crippen LogP contribution in [-0.4, -0.2) is 20.9 Å². The number of halogens is 1. The number of carboxylic acids is 1. The van der Waals surface area contributed by atoms with Gasteiger partial charge in [0.05, 0.1) is 18.3 Å². The monoisotopic (exact) mass is 328 g/mol. The van der Waals surface area contributed by atoms with E-state index in [0.29, 0.717) is 6.54 Å². The van der Waals surface area contributed by atoms with Crippen LogP contribution in [0.3, 0.4) is 0 Å². The fraction of sp³-hybridized carbons (Fsp3) is 0.0909. The van der Waals surface area contributed by atoms with E-state index in [1.165, 1.54) is 16.0 Å². The third-order valence-electron chi connectivity index (χ3n) is 2.14. The van der Waals surface area contributed by atoms with Gasteiger partial charge in [-0.1, -0.05) is 12.1 Å². The van der Waals surface area contributed by atoms with Crippen LogP contribution >= 0.6 is 22.6 Å². The zero-order valence-electron chi connectivity index (χ0n) is 8.30. The van der Waals surface area contributed by atoms with Crippen LogP contribution in [0.1, 0.15) is 15.9 Å². The molecule has 0 bridgehead atoms. The maximum Gasteiger partial charge on any atom is 0.338 e. The summed E-state index contributed by atoms with van der Waals surface area (Å²) in [7, 11) is 0. The Morgan fingerprint density at radius 3 is 2.62 bits per heavy atom. The van der Waals surface area contributed by atoms with Crippen molar-refractivity contribution in [2.45, 2.75) is 6.54 Å². The van der Waals surface area contributed by atoms with Gasteiger partial charge in [0.25, 0.3) is 0 Å². The van der Waals surface area contributed by atoms with E-state index in [-0.39, 0.29) is 5.56 Å². The van der Waals surface area contributed by atoms with Crippen LogP contribution in [0.25, 0.3) is 0 Å².